The number of amides is 2. The molecule has 3 rings (SSSR count). The topological polar surface area (TPSA) is 47.6 Å². The minimum Gasteiger partial charge on any atom is -0.259 e. The Kier molecular flexibility index (Phi) is 3.37. The molecule has 1 heterocycles. The lowest BCUT2D eigenvalue weighted by Crippen LogP contribution is -2.72. The van der Waals surface area contributed by atoms with Gasteiger partial charge in [-0.25, -0.2) is 15.2 Å². The molecule has 0 aromatic heterocycles. The summed E-state index contributed by atoms with van der Waals surface area (Å²) in [6.07, 6.45) is 0. The third-order valence-electron chi connectivity index (χ3n) is 3.57. The van der Waals surface area contributed by atoms with Gasteiger partial charge in [0.2, 0.25) is 0 Å². The molecule has 1 atom stereocenters. The van der Waals surface area contributed by atoms with E-state index in [9.17, 15) is 4.79 Å². The van der Waals surface area contributed by atoms with Crippen molar-refractivity contribution >= 4 is 11.7 Å². The third-order valence-corrected chi connectivity index (χ3v) is 3.57. The number of hydrogen-bond acceptors (Lipinski definition) is 3. The minimum absolute atomic E-state index is 0.158. The highest BCUT2D eigenvalue weighted by Gasteiger charge is 2.39. The van der Waals surface area contributed by atoms with Crippen LogP contribution in [0, 0.1) is 0 Å². The minimum atomic E-state index is -0.570. The molecule has 1 saturated heterocycles. The predicted molar refractivity (Wildman–Crippen MR) is 82.1 cm³/mol. The van der Waals surface area contributed by atoms with Crippen LogP contribution in [0.4, 0.5) is 10.5 Å². The van der Waals surface area contributed by atoms with Gasteiger partial charge in [0.15, 0.2) is 0 Å². The molecule has 1 aliphatic heterocycles. The van der Waals surface area contributed by atoms with E-state index in [1.807, 2.05) is 67.6 Å². The van der Waals surface area contributed by atoms with Crippen molar-refractivity contribution in [1.82, 2.24) is 15.9 Å². The van der Waals surface area contributed by atoms with Gasteiger partial charge in [0.25, 0.3) is 0 Å². The standard InChI is InChI=1S/C16H18N4O/c1-16(13-9-5-3-6-10-13)17-19(2)15(21)20(18-16)14-11-7-4-8-12-14/h3-12,17-18H,1-2H3. The lowest BCUT2D eigenvalue weighted by atomic mass is 10.0. The molecule has 5 heteroatoms. The largest absolute Gasteiger partial charge is 0.353 e. The molecular formula is C16H18N4O. The van der Waals surface area contributed by atoms with Crippen molar-refractivity contribution in [3.8, 4) is 0 Å². The van der Waals surface area contributed by atoms with Crippen LogP contribution in [-0.2, 0) is 5.66 Å². The number of nitrogens with zero attached hydrogens (tertiary/aromatic N) is 2. The number of anilines is 1. The molecule has 1 aliphatic rings. The van der Waals surface area contributed by atoms with Crippen LogP contribution in [-0.4, -0.2) is 18.1 Å². The number of rotatable bonds is 2. The van der Waals surface area contributed by atoms with Crippen molar-refractivity contribution < 1.29 is 4.79 Å². The number of carbonyl (C=O) groups is 1. The molecule has 2 aromatic carbocycles. The third kappa shape index (κ3) is 2.49. The fourth-order valence-electron chi connectivity index (χ4n) is 2.48. The van der Waals surface area contributed by atoms with Gasteiger partial charge in [0.05, 0.1) is 5.69 Å². The summed E-state index contributed by atoms with van der Waals surface area (Å²) in [6.45, 7) is 2.00. The number of hydrogen-bond donors (Lipinski definition) is 2. The van der Waals surface area contributed by atoms with Crippen LogP contribution in [0.3, 0.4) is 0 Å². The fourth-order valence-corrected chi connectivity index (χ4v) is 2.48. The Hall–Kier alpha value is -2.37. The second kappa shape index (κ2) is 5.20. The van der Waals surface area contributed by atoms with Gasteiger partial charge >= 0.3 is 6.03 Å². The maximum absolute atomic E-state index is 12.4. The van der Waals surface area contributed by atoms with E-state index in [-0.39, 0.29) is 6.03 Å². The van der Waals surface area contributed by atoms with Gasteiger partial charge in [0.1, 0.15) is 5.66 Å². The van der Waals surface area contributed by atoms with Crippen molar-refractivity contribution in [2.45, 2.75) is 12.6 Å². The molecule has 5 nitrogen and oxygen atoms in total. The van der Waals surface area contributed by atoms with E-state index in [4.69, 9.17) is 0 Å². The summed E-state index contributed by atoms with van der Waals surface area (Å²) in [5, 5.41) is 3.06. The Morgan fingerprint density at radius 1 is 0.905 bits per heavy atom. The first-order chi connectivity index (χ1) is 10.1. The first kappa shape index (κ1) is 13.6. The van der Waals surface area contributed by atoms with Crippen molar-refractivity contribution in [1.29, 1.82) is 0 Å². The molecule has 0 bridgehead atoms. The normalized spacial score (nSPS) is 22.5. The van der Waals surface area contributed by atoms with Crippen molar-refractivity contribution in [3.63, 3.8) is 0 Å². The summed E-state index contributed by atoms with van der Waals surface area (Å²) in [5.41, 5.74) is 7.74. The van der Waals surface area contributed by atoms with E-state index in [1.54, 1.807) is 12.1 Å². The Balaban J connectivity index is 1.97. The van der Waals surface area contributed by atoms with Gasteiger partial charge in [-0.05, 0) is 24.6 Å². The molecule has 21 heavy (non-hydrogen) atoms. The molecule has 108 valence electrons. The van der Waals surface area contributed by atoms with E-state index < -0.39 is 5.66 Å². The highest BCUT2D eigenvalue weighted by atomic mass is 16.2. The Bertz CT molecular complexity index is 631. The van der Waals surface area contributed by atoms with Crippen molar-refractivity contribution in [3.05, 3.63) is 66.2 Å². The van der Waals surface area contributed by atoms with Crippen molar-refractivity contribution in [2.75, 3.05) is 12.1 Å². The van der Waals surface area contributed by atoms with Crippen molar-refractivity contribution in [2.24, 2.45) is 0 Å². The summed E-state index contributed by atoms with van der Waals surface area (Å²) in [4.78, 5) is 12.4. The quantitative estimate of drug-likeness (QED) is 0.889. The molecular weight excluding hydrogens is 264 g/mol. The molecule has 0 radical (unpaired) electrons. The second-order valence-electron chi connectivity index (χ2n) is 5.23. The zero-order valence-corrected chi connectivity index (χ0v) is 12.1. The Morgan fingerprint density at radius 3 is 2.10 bits per heavy atom. The average Bonchev–Trinajstić information content (AvgIpc) is 2.53. The highest BCUT2D eigenvalue weighted by molar-refractivity contribution is 5.91. The monoisotopic (exact) mass is 282 g/mol. The number of carbonyl (C=O) groups excluding carboxylic acids is 1. The average molecular weight is 282 g/mol. The van der Waals surface area contributed by atoms with Gasteiger partial charge in [-0.2, -0.15) is 5.43 Å². The van der Waals surface area contributed by atoms with Gasteiger partial charge in [-0.1, -0.05) is 48.5 Å². The number of urea groups is 1. The molecule has 2 amide bonds. The summed E-state index contributed by atoms with van der Waals surface area (Å²) in [6, 6.07) is 19.4. The van der Waals surface area contributed by atoms with Crippen LogP contribution in [0.5, 0.6) is 0 Å². The van der Waals surface area contributed by atoms with Crippen LogP contribution >= 0.6 is 0 Å². The fraction of sp³-hybridized carbons (Fsp3) is 0.188. The van der Waals surface area contributed by atoms with E-state index in [0.29, 0.717) is 0 Å². The highest BCUT2D eigenvalue weighted by Crippen LogP contribution is 2.25. The van der Waals surface area contributed by atoms with Crippen LogP contribution in [0.1, 0.15) is 12.5 Å². The molecule has 1 fully saturated rings. The van der Waals surface area contributed by atoms with Crippen LogP contribution < -0.4 is 15.9 Å². The number of hydrazine groups is 2. The lowest BCUT2D eigenvalue weighted by molar-refractivity contribution is 0.0947. The maximum Gasteiger partial charge on any atom is 0.353 e. The van der Waals surface area contributed by atoms with E-state index >= 15 is 0 Å². The van der Waals surface area contributed by atoms with E-state index in [1.165, 1.54) is 5.01 Å². The molecule has 0 aliphatic carbocycles. The lowest BCUT2D eigenvalue weighted by Gasteiger charge is -2.46. The molecule has 2 N–H and O–H groups in total. The zero-order valence-electron chi connectivity index (χ0n) is 12.1. The summed E-state index contributed by atoms with van der Waals surface area (Å²) in [7, 11) is 1.72. The smallest absolute Gasteiger partial charge is 0.259 e. The Labute approximate surface area is 124 Å². The second-order valence-corrected chi connectivity index (χ2v) is 5.23. The summed E-state index contributed by atoms with van der Waals surface area (Å²) < 4.78 is 0. The summed E-state index contributed by atoms with van der Waals surface area (Å²) in [5.74, 6) is 0. The van der Waals surface area contributed by atoms with Gasteiger partial charge < -0.3 is 0 Å². The van der Waals surface area contributed by atoms with Crippen LogP contribution in [0.2, 0.25) is 0 Å². The van der Waals surface area contributed by atoms with Gasteiger partial charge in [-0.15, -0.1) is 0 Å². The van der Waals surface area contributed by atoms with Crippen LogP contribution in [0.15, 0.2) is 60.7 Å². The molecule has 0 saturated carbocycles. The SMILES string of the molecule is CN1NC(C)(c2ccccc2)NN(c2ccccc2)C1=O. The molecule has 2 aromatic rings. The predicted octanol–water partition coefficient (Wildman–Crippen LogP) is 2.44. The van der Waals surface area contributed by atoms with Gasteiger partial charge in [0, 0.05) is 7.05 Å². The maximum atomic E-state index is 12.4. The number of para-hydroxylation sites is 1. The number of benzene rings is 2. The molecule has 0 spiro atoms. The van der Waals surface area contributed by atoms with Gasteiger partial charge in [-0.3, -0.25) is 5.01 Å². The first-order valence-electron chi connectivity index (χ1n) is 6.84. The number of nitrogens with one attached hydrogen (secondary N) is 2. The van der Waals surface area contributed by atoms with E-state index in [2.05, 4.69) is 10.9 Å². The van der Waals surface area contributed by atoms with Crippen LogP contribution in [0.25, 0.3) is 0 Å². The summed E-state index contributed by atoms with van der Waals surface area (Å²) >= 11 is 0. The molecule has 1 unspecified atom stereocenters. The Morgan fingerprint density at radius 2 is 1.48 bits per heavy atom. The first-order valence-corrected chi connectivity index (χ1v) is 6.84. The zero-order chi connectivity index (χ0) is 14.9. The van der Waals surface area contributed by atoms with E-state index in [0.717, 1.165) is 11.3 Å².